The number of likely N-dealkylation sites (tertiary alicyclic amines) is 1. The van der Waals surface area contributed by atoms with E-state index in [2.05, 4.69) is 15.1 Å². The average Bonchev–Trinajstić information content (AvgIpc) is 3.59. The number of piperidine rings is 1. The van der Waals surface area contributed by atoms with Crippen molar-refractivity contribution in [3.8, 4) is 22.8 Å². The van der Waals surface area contributed by atoms with Gasteiger partial charge in [0.15, 0.2) is 23.8 Å². The maximum absolute atomic E-state index is 12.1. The number of anilines is 1. The molecule has 3 N–H and O–H groups in total. The van der Waals surface area contributed by atoms with Crippen molar-refractivity contribution in [1.29, 1.82) is 0 Å². The summed E-state index contributed by atoms with van der Waals surface area (Å²) in [7, 11) is 0. The Morgan fingerprint density at radius 1 is 1.02 bits per heavy atom. The fourth-order valence-corrected chi connectivity index (χ4v) is 6.76. The van der Waals surface area contributed by atoms with Gasteiger partial charge in [-0.1, -0.05) is 5.16 Å². The molecule has 1 saturated heterocycles. The van der Waals surface area contributed by atoms with Crippen molar-refractivity contribution in [3.05, 3.63) is 30.0 Å². The maximum atomic E-state index is 12.1. The Morgan fingerprint density at radius 3 is 2.40 bits per heavy atom. The van der Waals surface area contributed by atoms with Gasteiger partial charge in [-0.3, -0.25) is 0 Å². The van der Waals surface area contributed by atoms with Gasteiger partial charge in [0.2, 0.25) is 0 Å². The van der Waals surface area contributed by atoms with Crippen molar-refractivity contribution < 1.29 is 24.0 Å². The Morgan fingerprint density at radius 2 is 1.76 bits per heavy atom. The highest BCUT2D eigenvalue weighted by Gasteiger charge is 2.59. The quantitative estimate of drug-likeness (QED) is 0.330. The van der Waals surface area contributed by atoms with Gasteiger partial charge in [0.25, 0.3) is 0 Å². The smallest absolute Gasteiger partial charge is 0.410 e. The molecule has 0 spiro atoms. The van der Waals surface area contributed by atoms with E-state index in [1.165, 1.54) is 11.2 Å². The van der Waals surface area contributed by atoms with Crippen LogP contribution in [0.1, 0.15) is 68.1 Å². The van der Waals surface area contributed by atoms with Crippen LogP contribution < -0.4 is 5.73 Å². The zero-order valence-corrected chi connectivity index (χ0v) is 22.8. The van der Waals surface area contributed by atoms with Crippen molar-refractivity contribution >= 4 is 28.9 Å². The molecule has 216 valence electrons. The number of carboxylic acid groups (broad SMARTS) is 1. The van der Waals surface area contributed by atoms with Crippen LogP contribution in [0.3, 0.4) is 0 Å². The lowest BCUT2D eigenvalue weighted by Crippen LogP contribution is -2.59. The predicted molar refractivity (Wildman–Crippen MR) is 146 cm³/mol. The molecule has 5 fully saturated rings. The fraction of sp³-hybridized carbons (Fsp3) is 0.500. The van der Waals surface area contributed by atoms with E-state index in [1.807, 2.05) is 17.1 Å². The standard InChI is InChI=1S/C28H29N9O5/c29-24-20-21(34-37(26(20)33-13-32-24)28-7-14(8-28)9-28)22-19(23(42-35-22)16-1-2-16)25-30-10-17(11-31-25)15-3-5-36(6-4-15)27(40)41-12-18(38)39/h10-11,13-16H,1-9,12H2,(H,38,39)(H2,29,32,33). The molecule has 1 amide bonds. The first-order chi connectivity index (χ1) is 20.4. The van der Waals surface area contributed by atoms with Crippen molar-refractivity contribution in [3.63, 3.8) is 0 Å². The predicted octanol–water partition coefficient (Wildman–Crippen LogP) is 3.31. The second-order valence-corrected chi connectivity index (χ2v) is 12.0. The molecular weight excluding hydrogens is 542 g/mol. The van der Waals surface area contributed by atoms with E-state index in [9.17, 15) is 9.59 Å². The number of aromatic nitrogens is 7. The highest BCUT2D eigenvalue weighted by molar-refractivity contribution is 6.00. The van der Waals surface area contributed by atoms with Gasteiger partial charge in [0, 0.05) is 31.4 Å². The molecule has 42 heavy (non-hydrogen) atoms. The number of carboxylic acids is 1. The van der Waals surface area contributed by atoms with Crippen LogP contribution in [-0.2, 0) is 15.1 Å². The number of hydrogen-bond donors (Lipinski definition) is 2. The van der Waals surface area contributed by atoms with Crippen LogP contribution >= 0.6 is 0 Å². The van der Waals surface area contributed by atoms with Crippen LogP contribution in [0.25, 0.3) is 33.8 Å². The summed E-state index contributed by atoms with van der Waals surface area (Å²) < 4.78 is 12.8. The first-order valence-corrected chi connectivity index (χ1v) is 14.4. The number of amides is 1. The van der Waals surface area contributed by atoms with Gasteiger partial charge in [-0.25, -0.2) is 34.2 Å². The molecule has 0 unspecified atom stereocenters. The molecule has 4 saturated carbocycles. The monoisotopic (exact) mass is 571 g/mol. The van der Waals surface area contributed by atoms with E-state index in [-0.39, 0.29) is 17.4 Å². The van der Waals surface area contributed by atoms with E-state index in [1.54, 1.807) is 0 Å². The number of ether oxygens (including phenoxy) is 1. The van der Waals surface area contributed by atoms with Gasteiger partial charge in [0.05, 0.1) is 16.5 Å². The first kappa shape index (κ1) is 25.1. The van der Waals surface area contributed by atoms with E-state index in [4.69, 9.17) is 35.2 Å². The number of nitrogens with two attached hydrogens (primary N) is 1. The Kier molecular flexibility index (Phi) is 5.50. The molecule has 1 aliphatic heterocycles. The molecule has 4 aliphatic carbocycles. The van der Waals surface area contributed by atoms with Crippen LogP contribution in [0.2, 0.25) is 0 Å². The summed E-state index contributed by atoms with van der Waals surface area (Å²) >= 11 is 0. The number of carbonyl (C=O) groups excluding carboxylic acids is 1. The number of rotatable bonds is 7. The lowest BCUT2D eigenvalue weighted by atomic mass is 9.50. The van der Waals surface area contributed by atoms with Crippen LogP contribution in [-0.4, -0.2) is 76.6 Å². The third kappa shape index (κ3) is 3.91. The first-order valence-electron chi connectivity index (χ1n) is 14.4. The number of aliphatic carboxylic acids is 1. The second kappa shape index (κ2) is 9.19. The van der Waals surface area contributed by atoms with E-state index < -0.39 is 18.7 Å². The number of carbonyl (C=O) groups is 2. The maximum Gasteiger partial charge on any atom is 0.410 e. The van der Waals surface area contributed by atoms with Crippen molar-refractivity contribution in [2.24, 2.45) is 5.92 Å². The normalized spacial score (nSPS) is 23.4. The van der Waals surface area contributed by atoms with Gasteiger partial charge in [-0.2, -0.15) is 5.10 Å². The average molecular weight is 572 g/mol. The molecule has 0 atom stereocenters. The SMILES string of the molecule is Nc1ncnc2c1c(-c1noc(C3CC3)c1-c1ncc(C3CCN(C(=O)OCC(=O)O)CC3)cn1)nn2C12CC(C1)C2. The number of nitrogen functional groups attached to an aromatic ring is 1. The lowest BCUT2D eigenvalue weighted by Gasteiger charge is -2.61. The topological polar surface area (TPSA) is 188 Å². The number of nitrogens with zero attached hydrogens (tertiary/aromatic N) is 8. The largest absolute Gasteiger partial charge is 0.479 e. The molecule has 0 radical (unpaired) electrons. The zero-order valence-electron chi connectivity index (χ0n) is 22.8. The highest BCUT2D eigenvalue weighted by Crippen LogP contribution is 2.63. The van der Waals surface area contributed by atoms with Crippen molar-refractivity contribution in [1.82, 2.24) is 39.8 Å². The molecule has 4 aromatic heterocycles. The summed E-state index contributed by atoms with van der Waals surface area (Å²) in [5, 5.41) is 19.0. The van der Waals surface area contributed by atoms with E-state index >= 15 is 0 Å². The number of hydrogen-bond acceptors (Lipinski definition) is 11. The third-order valence-electron chi connectivity index (χ3n) is 9.28. The summed E-state index contributed by atoms with van der Waals surface area (Å²) in [5.74, 6) is 1.63. The van der Waals surface area contributed by atoms with Crippen LogP contribution in [0.15, 0.2) is 23.2 Å². The van der Waals surface area contributed by atoms with Gasteiger partial charge in [-0.05, 0) is 62.3 Å². The van der Waals surface area contributed by atoms with Gasteiger partial charge < -0.3 is 25.0 Å². The van der Waals surface area contributed by atoms with Gasteiger partial charge >= 0.3 is 12.1 Å². The van der Waals surface area contributed by atoms with Crippen molar-refractivity contribution in [2.75, 3.05) is 25.4 Å². The van der Waals surface area contributed by atoms with Crippen LogP contribution in [0.5, 0.6) is 0 Å². The zero-order chi connectivity index (χ0) is 28.6. The summed E-state index contributed by atoms with van der Waals surface area (Å²) in [5.41, 5.74) is 9.95. The minimum absolute atomic E-state index is 0.00803. The molecule has 14 nitrogen and oxygen atoms in total. The summed E-state index contributed by atoms with van der Waals surface area (Å²) in [6.07, 6.45) is 11.2. The van der Waals surface area contributed by atoms with E-state index in [0.717, 1.165) is 54.9 Å². The molecule has 9 rings (SSSR count). The highest BCUT2D eigenvalue weighted by atomic mass is 16.6. The van der Waals surface area contributed by atoms with Crippen LogP contribution in [0, 0.1) is 5.92 Å². The molecular formula is C28H29N9O5. The molecule has 0 aromatic carbocycles. The second-order valence-electron chi connectivity index (χ2n) is 12.0. The Balaban J connectivity index is 1.10. The molecule has 5 heterocycles. The lowest BCUT2D eigenvalue weighted by molar-refractivity contribution is -0.140. The summed E-state index contributed by atoms with van der Waals surface area (Å²) in [4.78, 5) is 42.7. The Hall–Kier alpha value is -4.62. The molecule has 14 heteroatoms. The molecule has 5 aliphatic rings. The number of fused-ring (bicyclic) bond motifs is 1. The van der Waals surface area contributed by atoms with Crippen molar-refractivity contribution in [2.45, 2.75) is 62.3 Å². The minimum Gasteiger partial charge on any atom is -0.479 e. The van der Waals surface area contributed by atoms with E-state index in [0.29, 0.717) is 60.0 Å². The van der Waals surface area contributed by atoms with Crippen LogP contribution in [0.4, 0.5) is 10.6 Å². The summed E-state index contributed by atoms with van der Waals surface area (Å²) in [6, 6.07) is 0. The minimum atomic E-state index is -1.18. The van der Waals surface area contributed by atoms with Gasteiger partial charge in [0.1, 0.15) is 23.5 Å². The third-order valence-corrected chi connectivity index (χ3v) is 9.28. The molecule has 4 aromatic rings. The van der Waals surface area contributed by atoms with Gasteiger partial charge in [-0.15, -0.1) is 0 Å². The Bertz CT molecular complexity index is 1700. The molecule has 2 bridgehead atoms. The summed E-state index contributed by atoms with van der Waals surface area (Å²) in [6.45, 7) is 0.292. The Labute approximate surface area is 239 Å². The fourth-order valence-electron chi connectivity index (χ4n) is 6.76.